The summed E-state index contributed by atoms with van der Waals surface area (Å²) < 4.78 is 0. The molecule has 0 saturated carbocycles. The van der Waals surface area contributed by atoms with Crippen LogP contribution in [0.4, 0.5) is 5.69 Å². The molecule has 0 atom stereocenters. The van der Waals surface area contributed by atoms with Crippen molar-refractivity contribution in [3.8, 4) is 22.3 Å². The van der Waals surface area contributed by atoms with Gasteiger partial charge in [-0.1, -0.05) is 80.6 Å². The van der Waals surface area contributed by atoms with Crippen LogP contribution in [0.1, 0.15) is 13.8 Å². The summed E-state index contributed by atoms with van der Waals surface area (Å²) in [6, 6.07) is 26.9. The van der Waals surface area contributed by atoms with Crippen molar-refractivity contribution < 1.29 is 0 Å². The van der Waals surface area contributed by atoms with Crippen molar-refractivity contribution in [2.45, 2.75) is 13.8 Å². The number of nitrogen functional groups attached to an aromatic ring is 1. The minimum Gasteiger partial charge on any atom is -0.399 e. The maximum absolute atomic E-state index is 5.82. The van der Waals surface area contributed by atoms with Crippen LogP contribution in [0.2, 0.25) is 0 Å². The first kappa shape index (κ1) is 14.9. The second-order valence-electron chi connectivity index (χ2n) is 4.57. The van der Waals surface area contributed by atoms with E-state index >= 15 is 0 Å². The van der Waals surface area contributed by atoms with E-state index in [2.05, 4.69) is 54.6 Å². The summed E-state index contributed by atoms with van der Waals surface area (Å²) in [7, 11) is 0. The molecule has 0 heterocycles. The predicted octanol–water partition coefficient (Wildman–Crippen LogP) is 5.63. The molecule has 21 heavy (non-hydrogen) atoms. The fraction of sp³-hybridized carbons (Fsp3) is 0.100. The summed E-state index contributed by atoms with van der Waals surface area (Å²) in [6.07, 6.45) is 0. The van der Waals surface area contributed by atoms with Gasteiger partial charge in [0, 0.05) is 5.69 Å². The van der Waals surface area contributed by atoms with Crippen molar-refractivity contribution in [3.05, 3.63) is 78.9 Å². The van der Waals surface area contributed by atoms with Gasteiger partial charge in [-0.05, 0) is 34.4 Å². The van der Waals surface area contributed by atoms with Crippen LogP contribution >= 0.6 is 0 Å². The van der Waals surface area contributed by atoms with E-state index in [1.54, 1.807) is 0 Å². The molecule has 0 aliphatic rings. The Hall–Kier alpha value is -2.54. The zero-order chi connectivity index (χ0) is 15.1. The van der Waals surface area contributed by atoms with E-state index < -0.39 is 0 Å². The highest BCUT2D eigenvalue weighted by Crippen LogP contribution is 2.25. The van der Waals surface area contributed by atoms with Gasteiger partial charge in [0.1, 0.15) is 0 Å². The third-order valence-electron chi connectivity index (χ3n) is 3.21. The molecule has 0 aliphatic heterocycles. The highest BCUT2D eigenvalue weighted by atomic mass is 14.5. The lowest BCUT2D eigenvalue weighted by atomic mass is 10.0. The zero-order valence-corrected chi connectivity index (χ0v) is 12.6. The van der Waals surface area contributed by atoms with Crippen molar-refractivity contribution in [2.24, 2.45) is 0 Å². The van der Waals surface area contributed by atoms with Crippen LogP contribution in [-0.2, 0) is 0 Å². The van der Waals surface area contributed by atoms with Gasteiger partial charge in [-0.25, -0.2) is 0 Å². The molecular weight excluding hydrogens is 254 g/mol. The number of nitrogens with two attached hydrogens (primary N) is 1. The summed E-state index contributed by atoms with van der Waals surface area (Å²) in [6.45, 7) is 4.00. The average Bonchev–Trinajstić information content (AvgIpc) is 2.58. The van der Waals surface area contributed by atoms with Crippen LogP contribution in [0, 0.1) is 0 Å². The van der Waals surface area contributed by atoms with Crippen LogP contribution in [0.15, 0.2) is 78.9 Å². The van der Waals surface area contributed by atoms with Gasteiger partial charge in [-0.15, -0.1) is 0 Å². The van der Waals surface area contributed by atoms with Crippen molar-refractivity contribution in [3.63, 3.8) is 0 Å². The molecule has 106 valence electrons. The maximum Gasteiger partial charge on any atom is 0.0320 e. The van der Waals surface area contributed by atoms with E-state index in [0.717, 1.165) is 11.3 Å². The quantitative estimate of drug-likeness (QED) is 0.603. The minimum atomic E-state index is 0.796. The Morgan fingerprint density at radius 2 is 1.00 bits per heavy atom. The first-order valence-electron chi connectivity index (χ1n) is 7.34. The highest BCUT2D eigenvalue weighted by molar-refractivity contribution is 5.71. The average molecular weight is 275 g/mol. The first-order valence-corrected chi connectivity index (χ1v) is 7.34. The Morgan fingerprint density at radius 3 is 1.57 bits per heavy atom. The largest absolute Gasteiger partial charge is 0.399 e. The monoisotopic (exact) mass is 275 g/mol. The summed E-state index contributed by atoms with van der Waals surface area (Å²) >= 11 is 0. The molecule has 3 rings (SSSR count). The Kier molecular flexibility index (Phi) is 5.16. The van der Waals surface area contributed by atoms with Crippen LogP contribution in [0.3, 0.4) is 0 Å². The molecule has 0 bridgehead atoms. The normalized spacial score (nSPS) is 9.62. The van der Waals surface area contributed by atoms with Gasteiger partial charge < -0.3 is 5.73 Å². The predicted molar refractivity (Wildman–Crippen MR) is 93.1 cm³/mol. The lowest BCUT2D eigenvalue weighted by Gasteiger charge is -2.05. The molecule has 0 aliphatic carbocycles. The Morgan fingerprint density at radius 1 is 0.524 bits per heavy atom. The topological polar surface area (TPSA) is 26.0 Å². The lowest BCUT2D eigenvalue weighted by Crippen LogP contribution is -1.85. The van der Waals surface area contributed by atoms with Gasteiger partial charge in [0.05, 0.1) is 0 Å². The Labute approximate surface area is 127 Å². The summed E-state index contributed by atoms with van der Waals surface area (Å²) in [5, 5.41) is 0. The van der Waals surface area contributed by atoms with Crippen molar-refractivity contribution >= 4 is 5.69 Å². The van der Waals surface area contributed by atoms with Crippen molar-refractivity contribution in [2.75, 3.05) is 5.73 Å². The number of hydrogen-bond donors (Lipinski definition) is 1. The highest BCUT2D eigenvalue weighted by Gasteiger charge is 2.00. The fourth-order valence-corrected chi connectivity index (χ4v) is 2.20. The summed E-state index contributed by atoms with van der Waals surface area (Å²) in [5.41, 5.74) is 11.4. The number of hydrogen-bond acceptors (Lipinski definition) is 1. The van der Waals surface area contributed by atoms with E-state index in [1.165, 1.54) is 16.7 Å². The lowest BCUT2D eigenvalue weighted by molar-refractivity contribution is 1.50. The van der Waals surface area contributed by atoms with E-state index in [0.29, 0.717) is 0 Å². The van der Waals surface area contributed by atoms with Crippen molar-refractivity contribution in [1.82, 2.24) is 0 Å². The second kappa shape index (κ2) is 7.30. The standard InChI is InChI=1S/C18H15N.C2H6/c19-18-8-4-7-17(13-18)16-11-9-15(10-12-16)14-5-2-1-3-6-14;1-2/h1-13H,19H2;1-2H3. The molecule has 3 aromatic carbocycles. The van der Waals surface area contributed by atoms with Gasteiger partial charge in [-0.2, -0.15) is 0 Å². The summed E-state index contributed by atoms with van der Waals surface area (Å²) in [4.78, 5) is 0. The van der Waals surface area contributed by atoms with Crippen LogP contribution < -0.4 is 5.73 Å². The van der Waals surface area contributed by atoms with E-state index in [4.69, 9.17) is 5.73 Å². The summed E-state index contributed by atoms with van der Waals surface area (Å²) in [5.74, 6) is 0. The van der Waals surface area contributed by atoms with Gasteiger partial charge >= 0.3 is 0 Å². The molecule has 0 unspecified atom stereocenters. The zero-order valence-electron chi connectivity index (χ0n) is 12.6. The van der Waals surface area contributed by atoms with Crippen molar-refractivity contribution in [1.29, 1.82) is 0 Å². The molecule has 0 spiro atoms. The maximum atomic E-state index is 5.82. The number of rotatable bonds is 2. The fourth-order valence-electron chi connectivity index (χ4n) is 2.20. The molecule has 0 fully saturated rings. The molecule has 2 N–H and O–H groups in total. The van der Waals surface area contributed by atoms with Crippen LogP contribution in [0.5, 0.6) is 0 Å². The Bertz CT molecular complexity index is 670. The number of anilines is 1. The molecule has 0 saturated heterocycles. The molecule has 3 aromatic rings. The van der Waals surface area contributed by atoms with Crippen LogP contribution in [0.25, 0.3) is 22.3 Å². The molecule has 1 nitrogen and oxygen atoms in total. The van der Waals surface area contributed by atoms with Gasteiger partial charge in [-0.3, -0.25) is 0 Å². The van der Waals surface area contributed by atoms with E-state index in [9.17, 15) is 0 Å². The molecule has 0 radical (unpaired) electrons. The SMILES string of the molecule is CC.Nc1cccc(-c2ccc(-c3ccccc3)cc2)c1. The van der Waals surface area contributed by atoms with E-state index in [1.807, 2.05) is 38.1 Å². The van der Waals surface area contributed by atoms with Gasteiger partial charge in [0.15, 0.2) is 0 Å². The Balaban J connectivity index is 0.000000774. The minimum absolute atomic E-state index is 0.796. The van der Waals surface area contributed by atoms with E-state index in [-0.39, 0.29) is 0 Å². The van der Waals surface area contributed by atoms with Crippen LogP contribution in [-0.4, -0.2) is 0 Å². The molecule has 1 heteroatoms. The smallest absolute Gasteiger partial charge is 0.0320 e. The first-order chi connectivity index (χ1) is 10.3. The molecular formula is C20H21N. The molecule has 0 amide bonds. The molecule has 0 aromatic heterocycles. The third-order valence-corrected chi connectivity index (χ3v) is 3.21. The third kappa shape index (κ3) is 3.73. The second-order valence-corrected chi connectivity index (χ2v) is 4.57. The number of benzene rings is 3. The van der Waals surface area contributed by atoms with Gasteiger partial charge in [0.2, 0.25) is 0 Å². The van der Waals surface area contributed by atoms with Gasteiger partial charge in [0.25, 0.3) is 0 Å².